The average molecular weight is 418 g/mol. The Kier molecular flexibility index (Phi) is 9.32. The highest BCUT2D eigenvalue weighted by Gasteiger charge is 2.30. The summed E-state index contributed by atoms with van der Waals surface area (Å²) in [5.41, 5.74) is 1.24. The van der Waals surface area contributed by atoms with Gasteiger partial charge in [0.25, 0.3) is 0 Å². The topological polar surface area (TPSA) is 32.3 Å². The summed E-state index contributed by atoms with van der Waals surface area (Å²) in [5, 5.41) is 3.23. The van der Waals surface area contributed by atoms with Crippen LogP contribution in [0.3, 0.4) is 0 Å². The number of hydrogen-bond donors (Lipinski definition) is 1. The fourth-order valence-corrected chi connectivity index (χ4v) is 3.98. The number of carbonyl (C=O) groups excluding carboxylic acids is 1. The van der Waals surface area contributed by atoms with Crippen LogP contribution in [0.25, 0.3) is 0 Å². The highest BCUT2D eigenvalue weighted by molar-refractivity contribution is 9.10. The van der Waals surface area contributed by atoms with Crippen LogP contribution in [-0.4, -0.2) is 37.5 Å². The predicted molar refractivity (Wildman–Crippen MR) is 107 cm³/mol. The average Bonchev–Trinajstić information content (AvgIpc) is 2.94. The molecule has 1 aromatic carbocycles. The van der Waals surface area contributed by atoms with Crippen molar-refractivity contribution < 1.29 is 4.79 Å². The zero-order chi connectivity index (χ0) is 16.8. The minimum absolute atomic E-state index is 0. The number of benzene rings is 1. The Morgan fingerprint density at radius 3 is 2.79 bits per heavy atom. The van der Waals surface area contributed by atoms with E-state index < -0.39 is 0 Å². The van der Waals surface area contributed by atoms with Crippen molar-refractivity contribution in [2.75, 3.05) is 26.7 Å². The van der Waals surface area contributed by atoms with Crippen LogP contribution in [0.2, 0.25) is 0 Å². The van der Waals surface area contributed by atoms with Gasteiger partial charge in [-0.1, -0.05) is 41.9 Å². The summed E-state index contributed by atoms with van der Waals surface area (Å²) in [6.07, 6.45) is 2.92. The number of likely N-dealkylation sites (tertiary alicyclic amines) is 1. The van der Waals surface area contributed by atoms with Gasteiger partial charge in [-0.25, -0.2) is 0 Å². The molecular weight excluding hydrogens is 388 g/mol. The van der Waals surface area contributed by atoms with Crippen LogP contribution in [0, 0.1) is 17.8 Å². The second kappa shape index (κ2) is 10.4. The van der Waals surface area contributed by atoms with E-state index in [2.05, 4.69) is 58.2 Å². The number of rotatable bonds is 7. The third-order valence-electron chi connectivity index (χ3n) is 4.57. The Bertz CT molecular complexity index is 524. The summed E-state index contributed by atoms with van der Waals surface area (Å²) in [4.78, 5) is 15.1. The molecule has 1 fully saturated rings. The standard InChI is InChI=1S/C19H29BrN2O.ClH/c1-14(2)9-17(10-15-5-4-6-18(20)11-15)19(23)22-8-7-16(13-22)12-21-3;/h4-6,11,14,16-17,21H,7-10,12-13H2,1-3H3;1H. The molecule has 1 aliphatic heterocycles. The predicted octanol–water partition coefficient (Wildman–Crippen LogP) is 4.14. The molecule has 1 heterocycles. The first kappa shape index (κ1) is 21.5. The first-order valence-corrected chi connectivity index (χ1v) is 9.46. The molecule has 0 bridgehead atoms. The Morgan fingerprint density at radius 2 is 2.17 bits per heavy atom. The van der Waals surface area contributed by atoms with E-state index in [9.17, 15) is 4.79 Å². The van der Waals surface area contributed by atoms with Crippen molar-refractivity contribution in [1.82, 2.24) is 10.2 Å². The summed E-state index contributed by atoms with van der Waals surface area (Å²) < 4.78 is 1.08. The van der Waals surface area contributed by atoms with Crippen molar-refractivity contribution in [2.45, 2.75) is 33.1 Å². The molecule has 2 atom stereocenters. The Labute approximate surface area is 161 Å². The van der Waals surface area contributed by atoms with Gasteiger partial charge in [0.2, 0.25) is 5.91 Å². The molecule has 0 aromatic heterocycles. The lowest BCUT2D eigenvalue weighted by Gasteiger charge is -2.25. The van der Waals surface area contributed by atoms with Crippen LogP contribution >= 0.6 is 28.3 Å². The molecule has 1 amide bonds. The minimum atomic E-state index is 0. The van der Waals surface area contributed by atoms with Crippen molar-refractivity contribution in [3.63, 3.8) is 0 Å². The van der Waals surface area contributed by atoms with Crippen LogP contribution in [0.4, 0.5) is 0 Å². The summed E-state index contributed by atoms with van der Waals surface area (Å²) in [6, 6.07) is 8.34. The number of hydrogen-bond acceptors (Lipinski definition) is 2. The van der Waals surface area contributed by atoms with E-state index in [1.54, 1.807) is 0 Å². The fraction of sp³-hybridized carbons (Fsp3) is 0.632. The van der Waals surface area contributed by atoms with Gasteiger partial charge in [-0.15, -0.1) is 12.4 Å². The SMILES string of the molecule is CNCC1CCN(C(=O)C(Cc2cccc(Br)c2)CC(C)C)C1.Cl. The zero-order valence-corrected chi connectivity index (χ0v) is 17.3. The summed E-state index contributed by atoms with van der Waals surface area (Å²) >= 11 is 3.53. The van der Waals surface area contributed by atoms with Crippen molar-refractivity contribution in [2.24, 2.45) is 17.8 Å². The lowest BCUT2D eigenvalue weighted by molar-refractivity contribution is -0.135. The van der Waals surface area contributed by atoms with E-state index in [0.29, 0.717) is 17.7 Å². The van der Waals surface area contributed by atoms with Gasteiger partial charge in [-0.3, -0.25) is 4.79 Å². The van der Waals surface area contributed by atoms with E-state index in [4.69, 9.17) is 0 Å². The molecule has 0 aliphatic carbocycles. The smallest absolute Gasteiger partial charge is 0.226 e. The third-order valence-corrected chi connectivity index (χ3v) is 5.06. The van der Waals surface area contributed by atoms with E-state index in [1.807, 2.05) is 13.1 Å². The second-order valence-corrected chi connectivity index (χ2v) is 8.07. The van der Waals surface area contributed by atoms with Crippen LogP contribution in [0.15, 0.2) is 28.7 Å². The lowest BCUT2D eigenvalue weighted by atomic mass is 9.90. The molecule has 1 aliphatic rings. The number of nitrogens with zero attached hydrogens (tertiary/aromatic N) is 1. The summed E-state index contributed by atoms with van der Waals surface area (Å²) in [5.74, 6) is 1.58. The van der Waals surface area contributed by atoms with Crippen LogP contribution in [-0.2, 0) is 11.2 Å². The van der Waals surface area contributed by atoms with E-state index >= 15 is 0 Å². The van der Waals surface area contributed by atoms with Gasteiger partial charge in [-0.05, 0) is 62.4 Å². The minimum Gasteiger partial charge on any atom is -0.342 e. The Hall–Kier alpha value is -0.580. The zero-order valence-electron chi connectivity index (χ0n) is 14.9. The Morgan fingerprint density at radius 1 is 1.42 bits per heavy atom. The number of carbonyl (C=O) groups is 1. The maximum absolute atomic E-state index is 13.0. The highest BCUT2D eigenvalue weighted by Crippen LogP contribution is 2.25. The van der Waals surface area contributed by atoms with Crippen molar-refractivity contribution in [1.29, 1.82) is 0 Å². The summed E-state index contributed by atoms with van der Waals surface area (Å²) in [6.45, 7) is 7.24. The quantitative estimate of drug-likeness (QED) is 0.723. The highest BCUT2D eigenvalue weighted by atomic mass is 79.9. The number of amides is 1. The molecule has 3 nitrogen and oxygen atoms in total. The second-order valence-electron chi connectivity index (χ2n) is 7.16. The monoisotopic (exact) mass is 416 g/mol. The maximum atomic E-state index is 13.0. The molecule has 1 aromatic rings. The Balaban J connectivity index is 0.00000288. The summed E-state index contributed by atoms with van der Waals surface area (Å²) in [7, 11) is 1.99. The first-order chi connectivity index (χ1) is 11.0. The van der Waals surface area contributed by atoms with Gasteiger partial charge in [-0.2, -0.15) is 0 Å². The van der Waals surface area contributed by atoms with Gasteiger partial charge in [0.1, 0.15) is 0 Å². The van der Waals surface area contributed by atoms with Gasteiger partial charge >= 0.3 is 0 Å². The molecule has 0 spiro atoms. The van der Waals surface area contributed by atoms with Gasteiger partial charge in [0, 0.05) is 23.5 Å². The largest absolute Gasteiger partial charge is 0.342 e. The number of halogens is 2. The molecule has 0 saturated carbocycles. The molecule has 5 heteroatoms. The van der Waals surface area contributed by atoms with Gasteiger partial charge < -0.3 is 10.2 Å². The van der Waals surface area contributed by atoms with Crippen LogP contribution in [0.5, 0.6) is 0 Å². The maximum Gasteiger partial charge on any atom is 0.226 e. The molecular formula is C19H30BrClN2O. The van der Waals surface area contributed by atoms with E-state index in [0.717, 1.165) is 43.4 Å². The van der Waals surface area contributed by atoms with Gasteiger partial charge in [0.15, 0.2) is 0 Å². The van der Waals surface area contributed by atoms with Gasteiger partial charge in [0.05, 0.1) is 0 Å². The van der Waals surface area contributed by atoms with Crippen LogP contribution in [0.1, 0.15) is 32.3 Å². The van der Waals surface area contributed by atoms with Crippen molar-refractivity contribution in [3.8, 4) is 0 Å². The third kappa shape index (κ3) is 6.38. The fourth-order valence-electron chi connectivity index (χ4n) is 3.54. The normalized spacial score (nSPS) is 18.5. The molecule has 1 saturated heterocycles. The molecule has 1 N–H and O–H groups in total. The van der Waals surface area contributed by atoms with E-state index in [1.165, 1.54) is 5.56 Å². The molecule has 136 valence electrons. The van der Waals surface area contributed by atoms with Crippen molar-refractivity contribution in [3.05, 3.63) is 34.3 Å². The molecule has 2 unspecified atom stereocenters. The van der Waals surface area contributed by atoms with Crippen molar-refractivity contribution >= 4 is 34.2 Å². The molecule has 24 heavy (non-hydrogen) atoms. The number of nitrogens with one attached hydrogen (secondary N) is 1. The van der Waals surface area contributed by atoms with E-state index in [-0.39, 0.29) is 18.3 Å². The molecule has 2 rings (SSSR count). The van der Waals surface area contributed by atoms with Crippen LogP contribution < -0.4 is 5.32 Å². The lowest BCUT2D eigenvalue weighted by Crippen LogP contribution is -2.36. The molecule has 0 radical (unpaired) electrons. The first-order valence-electron chi connectivity index (χ1n) is 8.67.